The van der Waals surface area contributed by atoms with Gasteiger partial charge in [0.15, 0.2) is 4.32 Å². The monoisotopic (exact) mass is 429 g/mol. The van der Waals surface area contributed by atoms with Crippen LogP contribution >= 0.6 is 24.0 Å². The molecule has 1 saturated heterocycles. The van der Waals surface area contributed by atoms with Crippen molar-refractivity contribution in [3.05, 3.63) is 69.6 Å². The van der Waals surface area contributed by atoms with Gasteiger partial charge >= 0.3 is 17.9 Å². The highest BCUT2D eigenvalue weighted by molar-refractivity contribution is 8.27. The van der Waals surface area contributed by atoms with Crippen molar-refractivity contribution in [1.29, 1.82) is 0 Å². The van der Waals surface area contributed by atoms with E-state index in [9.17, 15) is 29.4 Å². The van der Waals surface area contributed by atoms with Crippen LogP contribution in [0.2, 0.25) is 0 Å². The maximum absolute atomic E-state index is 12.8. The van der Waals surface area contributed by atoms with Crippen molar-refractivity contribution in [2.75, 3.05) is 4.90 Å². The maximum Gasteiger partial charge on any atom is 0.335 e. The van der Waals surface area contributed by atoms with Gasteiger partial charge in [-0.25, -0.2) is 14.4 Å². The Balaban J connectivity index is 1.98. The van der Waals surface area contributed by atoms with E-state index in [0.717, 1.165) is 22.7 Å². The van der Waals surface area contributed by atoms with Crippen molar-refractivity contribution in [1.82, 2.24) is 0 Å². The van der Waals surface area contributed by atoms with Crippen LogP contribution in [0.25, 0.3) is 6.08 Å². The topological polar surface area (TPSA) is 132 Å². The molecule has 1 aliphatic heterocycles. The van der Waals surface area contributed by atoms with Gasteiger partial charge in [0.1, 0.15) is 0 Å². The highest BCUT2D eigenvalue weighted by Gasteiger charge is 2.34. The molecular weight excluding hydrogens is 418 g/mol. The minimum atomic E-state index is -1.34. The number of thioether (sulfide) groups is 1. The summed E-state index contributed by atoms with van der Waals surface area (Å²) in [6, 6.07) is 9.18. The zero-order valence-electron chi connectivity index (χ0n) is 14.4. The number of rotatable bonds is 5. The van der Waals surface area contributed by atoms with Gasteiger partial charge in [-0.1, -0.05) is 36.1 Å². The molecule has 10 heteroatoms. The van der Waals surface area contributed by atoms with Gasteiger partial charge in [0.2, 0.25) is 0 Å². The zero-order chi connectivity index (χ0) is 21.3. The molecule has 0 aliphatic carbocycles. The summed E-state index contributed by atoms with van der Waals surface area (Å²) < 4.78 is 0.113. The lowest BCUT2D eigenvalue weighted by Gasteiger charge is -2.16. The van der Waals surface area contributed by atoms with Crippen LogP contribution in [0.1, 0.15) is 36.6 Å². The number of thiocarbonyl (C=S) groups is 1. The summed E-state index contributed by atoms with van der Waals surface area (Å²) in [6.45, 7) is 0. The zero-order valence-corrected chi connectivity index (χ0v) is 16.0. The normalized spacial score (nSPS) is 15.0. The first-order chi connectivity index (χ1) is 13.7. The number of nitrogens with zero attached hydrogens (tertiary/aromatic N) is 1. The van der Waals surface area contributed by atoms with Crippen molar-refractivity contribution in [3.63, 3.8) is 0 Å². The summed E-state index contributed by atoms with van der Waals surface area (Å²) in [5.74, 6) is -4.29. The Labute approximate surface area is 173 Å². The molecule has 2 aromatic carbocycles. The van der Waals surface area contributed by atoms with Crippen LogP contribution in [0.4, 0.5) is 5.69 Å². The van der Waals surface area contributed by atoms with Crippen molar-refractivity contribution in [3.8, 4) is 0 Å². The summed E-state index contributed by atoms with van der Waals surface area (Å²) in [6.07, 6.45) is 1.52. The Bertz CT molecular complexity index is 1070. The molecule has 0 atom stereocenters. The van der Waals surface area contributed by atoms with Gasteiger partial charge in [0.25, 0.3) is 5.91 Å². The van der Waals surface area contributed by atoms with Gasteiger partial charge in [-0.3, -0.25) is 9.69 Å². The largest absolute Gasteiger partial charge is 0.478 e. The molecule has 0 saturated carbocycles. The summed E-state index contributed by atoms with van der Waals surface area (Å²) in [5.41, 5.74) is 0.126. The molecule has 1 amide bonds. The highest BCUT2D eigenvalue weighted by Crippen LogP contribution is 2.36. The van der Waals surface area contributed by atoms with Gasteiger partial charge < -0.3 is 15.3 Å². The highest BCUT2D eigenvalue weighted by atomic mass is 32.2. The Kier molecular flexibility index (Phi) is 5.48. The van der Waals surface area contributed by atoms with E-state index in [0.29, 0.717) is 5.56 Å². The molecule has 2 aromatic rings. The van der Waals surface area contributed by atoms with Gasteiger partial charge in [0, 0.05) is 0 Å². The molecule has 1 fully saturated rings. The van der Waals surface area contributed by atoms with Crippen LogP contribution < -0.4 is 4.90 Å². The second-order valence-electron chi connectivity index (χ2n) is 5.82. The van der Waals surface area contributed by atoms with E-state index in [2.05, 4.69) is 0 Å². The Morgan fingerprint density at radius 2 is 1.38 bits per heavy atom. The quantitative estimate of drug-likeness (QED) is 0.484. The third kappa shape index (κ3) is 4.18. The lowest BCUT2D eigenvalue weighted by atomic mass is 10.1. The molecule has 0 unspecified atom stereocenters. The van der Waals surface area contributed by atoms with Gasteiger partial charge in [-0.15, -0.1) is 0 Å². The maximum atomic E-state index is 12.8. The molecule has 1 heterocycles. The fourth-order valence-corrected chi connectivity index (χ4v) is 3.85. The van der Waals surface area contributed by atoms with Gasteiger partial charge in [0.05, 0.1) is 27.3 Å². The van der Waals surface area contributed by atoms with Crippen molar-refractivity contribution < 1.29 is 34.5 Å². The van der Waals surface area contributed by atoms with Crippen LogP contribution in [-0.4, -0.2) is 43.5 Å². The van der Waals surface area contributed by atoms with Crippen LogP contribution in [-0.2, 0) is 4.79 Å². The molecule has 29 heavy (non-hydrogen) atoms. The van der Waals surface area contributed by atoms with E-state index >= 15 is 0 Å². The van der Waals surface area contributed by atoms with E-state index in [1.54, 1.807) is 0 Å². The van der Waals surface area contributed by atoms with Gasteiger partial charge in [-0.05, 0) is 42.0 Å². The predicted octanol–water partition coefficient (Wildman–Crippen LogP) is 3.19. The fraction of sp³-hybridized carbons (Fsp3) is 0. The molecule has 0 radical (unpaired) electrons. The average molecular weight is 429 g/mol. The minimum absolute atomic E-state index is 0.0365. The summed E-state index contributed by atoms with van der Waals surface area (Å²) >= 11 is 6.19. The number of benzene rings is 2. The van der Waals surface area contributed by atoms with Crippen molar-refractivity contribution in [2.24, 2.45) is 0 Å². The smallest absolute Gasteiger partial charge is 0.335 e. The van der Waals surface area contributed by atoms with E-state index in [1.807, 2.05) is 0 Å². The van der Waals surface area contributed by atoms with E-state index < -0.39 is 23.8 Å². The Hall–Kier alpha value is -3.50. The lowest BCUT2D eigenvalue weighted by Crippen LogP contribution is -2.28. The van der Waals surface area contributed by atoms with Gasteiger partial charge in [-0.2, -0.15) is 0 Å². The molecular formula is C19H11NO7S2. The number of amides is 1. The van der Waals surface area contributed by atoms with E-state index in [1.165, 1.54) is 42.5 Å². The first-order valence-corrected chi connectivity index (χ1v) is 9.13. The number of carbonyl (C=O) groups excluding carboxylic acids is 1. The molecule has 3 rings (SSSR count). The molecule has 0 bridgehead atoms. The third-order valence-corrected chi connectivity index (χ3v) is 5.22. The number of carboxylic acid groups (broad SMARTS) is 3. The third-order valence-electron chi connectivity index (χ3n) is 3.92. The van der Waals surface area contributed by atoms with E-state index in [4.69, 9.17) is 17.3 Å². The molecule has 146 valence electrons. The number of hydrogen-bond donors (Lipinski definition) is 3. The number of hydrogen-bond acceptors (Lipinski definition) is 6. The molecule has 1 aliphatic rings. The van der Waals surface area contributed by atoms with Crippen LogP contribution in [0.5, 0.6) is 0 Å². The first kappa shape index (κ1) is 20.2. The average Bonchev–Trinajstić information content (AvgIpc) is 2.94. The van der Waals surface area contributed by atoms with Crippen molar-refractivity contribution in [2.45, 2.75) is 0 Å². The molecule has 3 N–H and O–H groups in total. The number of aromatic carboxylic acids is 3. The number of carboxylic acids is 3. The van der Waals surface area contributed by atoms with Crippen molar-refractivity contribution >= 4 is 63.9 Å². The fourth-order valence-electron chi connectivity index (χ4n) is 2.55. The minimum Gasteiger partial charge on any atom is -0.478 e. The second-order valence-corrected chi connectivity index (χ2v) is 7.50. The summed E-state index contributed by atoms with van der Waals surface area (Å²) in [7, 11) is 0. The van der Waals surface area contributed by atoms with Crippen LogP contribution in [0, 0.1) is 0 Å². The first-order valence-electron chi connectivity index (χ1n) is 7.90. The lowest BCUT2D eigenvalue weighted by molar-refractivity contribution is -0.113. The molecule has 8 nitrogen and oxygen atoms in total. The Morgan fingerprint density at radius 3 is 1.86 bits per heavy atom. The van der Waals surface area contributed by atoms with Crippen LogP contribution in [0.15, 0.2) is 47.4 Å². The van der Waals surface area contributed by atoms with E-state index in [-0.39, 0.29) is 31.6 Å². The number of carbonyl (C=O) groups is 4. The number of anilines is 1. The standard InChI is InChI=1S/C19H11NO7S2/c21-15-14(5-9-1-3-10(4-2-9)16(22)23)29-19(28)20(15)13-7-11(17(24)25)6-12(8-13)18(26)27/h1-8H,(H,22,23)(H,24,25)(H,26,27)/b14-5-. The molecule has 0 aromatic heterocycles. The molecule has 0 spiro atoms. The second kappa shape index (κ2) is 7.86. The predicted molar refractivity (Wildman–Crippen MR) is 109 cm³/mol. The summed E-state index contributed by atoms with van der Waals surface area (Å²) in [4.78, 5) is 47.6. The summed E-state index contributed by atoms with van der Waals surface area (Å²) in [5, 5.41) is 27.4. The SMILES string of the molecule is O=C(O)c1ccc(/C=C2\SC(=S)N(c3cc(C(=O)O)cc(C(=O)O)c3)C2=O)cc1. The van der Waals surface area contributed by atoms with Crippen LogP contribution in [0.3, 0.4) is 0 Å². The Morgan fingerprint density at radius 1 is 0.862 bits per heavy atom.